The predicted molar refractivity (Wildman–Crippen MR) is 101 cm³/mol. The normalized spacial score (nSPS) is 15.8. The van der Waals surface area contributed by atoms with Gasteiger partial charge in [0.2, 0.25) is 0 Å². The van der Waals surface area contributed by atoms with Crippen LogP contribution in [0.1, 0.15) is 5.56 Å². The van der Waals surface area contributed by atoms with Gasteiger partial charge in [0, 0.05) is 16.8 Å². The van der Waals surface area contributed by atoms with Gasteiger partial charge in [-0.25, -0.2) is 0 Å². The third kappa shape index (κ3) is 3.97. The van der Waals surface area contributed by atoms with E-state index in [0.29, 0.717) is 21.2 Å². The van der Waals surface area contributed by atoms with Crippen molar-refractivity contribution in [2.45, 2.75) is 0 Å². The monoisotopic (exact) mass is 374 g/mol. The predicted octanol–water partition coefficient (Wildman–Crippen LogP) is 4.45. The van der Waals surface area contributed by atoms with Gasteiger partial charge in [0.15, 0.2) is 0 Å². The number of amides is 2. The Labute approximate surface area is 154 Å². The summed E-state index contributed by atoms with van der Waals surface area (Å²) >= 11 is 7.01. The number of nitrogens with one attached hydrogen (secondary N) is 1. The van der Waals surface area contributed by atoms with E-state index in [2.05, 4.69) is 5.32 Å². The number of rotatable bonds is 5. The van der Waals surface area contributed by atoms with Crippen molar-refractivity contribution in [2.24, 2.45) is 0 Å². The maximum absolute atomic E-state index is 12.5. The minimum Gasteiger partial charge on any atom is -0.497 e. The van der Waals surface area contributed by atoms with E-state index in [-0.39, 0.29) is 17.8 Å². The van der Waals surface area contributed by atoms with E-state index in [9.17, 15) is 9.59 Å². The van der Waals surface area contributed by atoms with Crippen LogP contribution < -0.4 is 10.1 Å². The van der Waals surface area contributed by atoms with Crippen LogP contribution in [-0.2, 0) is 4.79 Å². The Kier molecular flexibility index (Phi) is 5.31. The zero-order valence-corrected chi connectivity index (χ0v) is 14.9. The molecule has 0 aromatic heterocycles. The molecule has 2 aromatic rings. The van der Waals surface area contributed by atoms with Gasteiger partial charge < -0.3 is 10.1 Å². The summed E-state index contributed by atoms with van der Waals surface area (Å²) in [7, 11) is 1.58. The number of benzene rings is 2. The second kappa shape index (κ2) is 7.63. The number of ether oxygens (including phenoxy) is 1. The molecule has 0 aliphatic carbocycles. The molecule has 0 unspecified atom stereocenters. The summed E-state index contributed by atoms with van der Waals surface area (Å²) < 4.78 is 5.15. The maximum atomic E-state index is 12.5. The molecule has 7 heteroatoms. The highest BCUT2D eigenvalue weighted by Crippen LogP contribution is 2.33. The van der Waals surface area contributed by atoms with E-state index in [4.69, 9.17) is 16.3 Å². The quantitative estimate of drug-likeness (QED) is 0.783. The summed E-state index contributed by atoms with van der Waals surface area (Å²) in [4.78, 5) is 26.1. The van der Waals surface area contributed by atoms with E-state index >= 15 is 0 Å². The van der Waals surface area contributed by atoms with E-state index < -0.39 is 0 Å². The Bertz CT molecular complexity index is 854. The molecular weight excluding hydrogens is 360 g/mol. The molecule has 128 valence electrons. The molecular formula is C18H15ClN2O3S. The number of nitrogens with zero attached hydrogens (tertiary/aromatic N) is 1. The lowest BCUT2D eigenvalue weighted by Crippen LogP contribution is -2.33. The van der Waals surface area contributed by atoms with Crippen LogP contribution in [0.4, 0.5) is 10.5 Å². The number of carbonyl (C=O) groups is 2. The van der Waals surface area contributed by atoms with Gasteiger partial charge >= 0.3 is 0 Å². The largest absolute Gasteiger partial charge is 0.497 e. The summed E-state index contributed by atoms with van der Waals surface area (Å²) in [6.07, 6.45) is 1.64. The molecule has 1 saturated heterocycles. The molecule has 0 radical (unpaired) electrons. The molecule has 5 nitrogen and oxygen atoms in total. The van der Waals surface area contributed by atoms with Gasteiger partial charge in [0.25, 0.3) is 11.1 Å². The first-order valence-electron chi connectivity index (χ1n) is 7.46. The Morgan fingerprint density at radius 1 is 1.20 bits per heavy atom. The number of hydrogen-bond donors (Lipinski definition) is 1. The van der Waals surface area contributed by atoms with Gasteiger partial charge in [-0.1, -0.05) is 35.9 Å². The van der Waals surface area contributed by atoms with Crippen molar-refractivity contribution in [1.82, 2.24) is 4.90 Å². The van der Waals surface area contributed by atoms with Crippen molar-refractivity contribution in [3.8, 4) is 5.75 Å². The van der Waals surface area contributed by atoms with Crippen LogP contribution in [0.25, 0.3) is 6.08 Å². The molecule has 0 bridgehead atoms. The second-order valence-electron chi connectivity index (χ2n) is 5.20. The molecule has 2 aromatic carbocycles. The summed E-state index contributed by atoms with van der Waals surface area (Å²) in [5, 5.41) is 3.27. The van der Waals surface area contributed by atoms with Crippen molar-refractivity contribution in [3.63, 3.8) is 0 Å². The van der Waals surface area contributed by atoms with Crippen LogP contribution in [0.3, 0.4) is 0 Å². The molecule has 1 fully saturated rings. The van der Waals surface area contributed by atoms with Crippen LogP contribution in [-0.4, -0.2) is 29.8 Å². The molecule has 1 aliphatic heterocycles. The van der Waals surface area contributed by atoms with Crippen molar-refractivity contribution >= 4 is 46.3 Å². The first kappa shape index (κ1) is 17.4. The van der Waals surface area contributed by atoms with Crippen molar-refractivity contribution in [3.05, 3.63) is 64.0 Å². The van der Waals surface area contributed by atoms with Gasteiger partial charge in [0.1, 0.15) is 5.75 Å². The van der Waals surface area contributed by atoms with E-state index in [1.807, 2.05) is 30.3 Å². The lowest BCUT2D eigenvalue weighted by molar-refractivity contribution is -0.122. The van der Waals surface area contributed by atoms with Gasteiger partial charge in [-0.3, -0.25) is 14.5 Å². The van der Waals surface area contributed by atoms with Gasteiger partial charge in [-0.15, -0.1) is 0 Å². The highest BCUT2D eigenvalue weighted by molar-refractivity contribution is 8.18. The van der Waals surface area contributed by atoms with Gasteiger partial charge in [0.05, 0.1) is 18.7 Å². The van der Waals surface area contributed by atoms with Crippen LogP contribution in [0.5, 0.6) is 5.75 Å². The first-order valence-corrected chi connectivity index (χ1v) is 8.66. The van der Waals surface area contributed by atoms with E-state index in [1.54, 1.807) is 31.4 Å². The standard InChI is InChI=1S/C18H15ClN2O3S/c1-24-14-7-4-6-13(10-14)20-11-21-17(22)16(25-18(21)23)9-12-5-2-3-8-15(12)19/h2-10,20H,11H2,1H3. The lowest BCUT2D eigenvalue weighted by atomic mass is 10.2. The van der Waals surface area contributed by atoms with Crippen LogP contribution in [0.2, 0.25) is 5.02 Å². The minimum absolute atomic E-state index is 0.0810. The second-order valence-corrected chi connectivity index (χ2v) is 6.60. The van der Waals surface area contributed by atoms with Crippen molar-refractivity contribution < 1.29 is 14.3 Å². The zero-order chi connectivity index (χ0) is 17.8. The Morgan fingerprint density at radius 2 is 2.00 bits per heavy atom. The average molecular weight is 375 g/mol. The van der Waals surface area contributed by atoms with E-state index in [1.165, 1.54) is 0 Å². The average Bonchev–Trinajstić information content (AvgIpc) is 2.89. The number of anilines is 1. The Balaban J connectivity index is 1.72. The number of thioether (sulfide) groups is 1. The number of methoxy groups -OCH3 is 1. The molecule has 0 atom stereocenters. The molecule has 0 spiro atoms. The fourth-order valence-corrected chi connectivity index (χ4v) is 3.29. The van der Waals surface area contributed by atoms with Crippen LogP contribution in [0, 0.1) is 0 Å². The Hall–Kier alpha value is -2.44. The molecule has 1 N–H and O–H groups in total. The molecule has 1 heterocycles. The first-order chi connectivity index (χ1) is 12.1. The highest BCUT2D eigenvalue weighted by Gasteiger charge is 2.34. The van der Waals surface area contributed by atoms with Crippen molar-refractivity contribution in [1.29, 1.82) is 0 Å². The summed E-state index contributed by atoms with van der Waals surface area (Å²) in [5.41, 5.74) is 1.46. The fourth-order valence-electron chi connectivity index (χ4n) is 2.27. The van der Waals surface area contributed by atoms with Gasteiger partial charge in [-0.05, 0) is 41.6 Å². The molecule has 1 aliphatic rings. The van der Waals surface area contributed by atoms with Crippen molar-refractivity contribution in [2.75, 3.05) is 19.1 Å². The summed E-state index contributed by atoms with van der Waals surface area (Å²) in [5.74, 6) is 0.350. The van der Waals surface area contributed by atoms with Crippen LogP contribution >= 0.6 is 23.4 Å². The third-order valence-corrected chi connectivity index (χ3v) is 4.83. The summed E-state index contributed by atoms with van der Waals surface area (Å²) in [6, 6.07) is 14.4. The SMILES string of the molecule is COc1cccc(NCN2C(=O)SC(=Cc3ccccc3Cl)C2=O)c1. The lowest BCUT2D eigenvalue weighted by Gasteiger charge is -2.14. The van der Waals surface area contributed by atoms with Crippen LogP contribution in [0.15, 0.2) is 53.4 Å². The smallest absolute Gasteiger partial charge is 0.295 e. The molecule has 0 saturated carbocycles. The minimum atomic E-state index is -0.342. The zero-order valence-electron chi connectivity index (χ0n) is 13.4. The number of imide groups is 1. The maximum Gasteiger partial charge on any atom is 0.295 e. The number of hydrogen-bond acceptors (Lipinski definition) is 5. The number of carbonyl (C=O) groups excluding carboxylic acids is 2. The summed E-state index contributed by atoms with van der Waals surface area (Å²) in [6.45, 7) is 0.0810. The highest BCUT2D eigenvalue weighted by atomic mass is 35.5. The van der Waals surface area contributed by atoms with E-state index in [0.717, 1.165) is 22.3 Å². The number of halogens is 1. The Morgan fingerprint density at radius 3 is 2.76 bits per heavy atom. The molecule has 25 heavy (non-hydrogen) atoms. The molecule has 3 rings (SSSR count). The molecule has 2 amide bonds. The fraction of sp³-hybridized carbons (Fsp3) is 0.111. The van der Waals surface area contributed by atoms with Gasteiger partial charge in [-0.2, -0.15) is 0 Å². The topological polar surface area (TPSA) is 58.6 Å². The third-order valence-electron chi connectivity index (χ3n) is 3.58.